The van der Waals surface area contributed by atoms with Gasteiger partial charge in [-0.05, 0) is 32.0 Å². The number of nitrogens with one attached hydrogen (secondary N) is 1. The molecule has 0 radical (unpaired) electrons. The molecular weight excluding hydrogens is 272 g/mol. The van der Waals surface area contributed by atoms with Crippen molar-refractivity contribution in [1.29, 1.82) is 5.26 Å². The molecule has 1 aromatic heterocycles. The Kier molecular flexibility index (Phi) is 4.48. The number of ether oxygens (including phenoxy) is 2. The molecule has 0 aliphatic heterocycles. The zero-order valence-corrected chi connectivity index (χ0v) is 11.6. The van der Waals surface area contributed by atoms with Crippen molar-refractivity contribution in [3.05, 3.63) is 29.8 Å². The highest BCUT2D eigenvalue weighted by atomic mass is 16.5. The molecule has 108 valence electrons. The van der Waals surface area contributed by atoms with Gasteiger partial charge in [0.2, 0.25) is 5.95 Å². The van der Waals surface area contributed by atoms with Gasteiger partial charge in [0, 0.05) is 0 Å². The second-order valence-electron chi connectivity index (χ2n) is 4.28. The predicted molar refractivity (Wildman–Crippen MR) is 74.6 cm³/mol. The summed E-state index contributed by atoms with van der Waals surface area (Å²) in [6, 6.07) is 8.76. The number of nitrogens with two attached hydrogens (primary N) is 1. The molecule has 1 aromatic carbocycles. The van der Waals surface area contributed by atoms with Crippen molar-refractivity contribution in [2.45, 2.75) is 20.0 Å². The molecule has 0 bridgehead atoms. The fourth-order valence-corrected chi connectivity index (χ4v) is 1.45. The average Bonchev–Trinajstić information content (AvgIpc) is 2.46. The maximum absolute atomic E-state index is 8.86. The molecule has 0 unspecified atom stereocenters. The van der Waals surface area contributed by atoms with E-state index in [1.54, 1.807) is 24.3 Å². The second-order valence-corrected chi connectivity index (χ2v) is 4.28. The van der Waals surface area contributed by atoms with Crippen molar-refractivity contribution in [3.63, 3.8) is 0 Å². The van der Waals surface area contributed by atoms with E-state index < -0.39 is 0 Å². The lowest BCUT2D eigenvalue weighted by Gasteiger charge is -2.10. The van der Waals surface area contributed by atoms with E-state index in [2.05, 4.69) is 20.4 Å². The van der Waals surface area contributed by atoms with E-state index in [4.69, 9.17) is 20.6 Å². The Bertz CT molecular complexity index is 668. The third-order valence-corrected chi connectivity index (χ3v) is 2.24. The van der Waals surface area contributed by atoms with E-state index in [0.717, 1.165) is 0 Å². The summed E-state index contributed by atoms with van der Waals surface area (Å²) < 4.78 is 10.9. The van der Waals surface area contributed by atoms with Crippen molar-refractivity contribution < 1.29 is 9.47 Å². The first kappa shape index (κ1) is 14.5. The van der Waals surface area contributed by atoms with Crippen LogP contribution in [0.3, 0.4) is 0 Å². The highest BCUT2D eigenvalue weighted by molar-refractivity contribution is 5.37. The topological polar surface area (TPSA) is 119 Å². The molecule has 8 heteroatoms. The molecule has 2 rings (SSSR count). The van der Waals surface area contributed by atoms with E-state index in [0.29, 0.717) is 11.3 Å². The van der Waals surface area contributed by atoms with Gasteiger partial charge < -0.3 is 9.47 Å². The Labute approximate surface area is 121 Å². The fraction of sp³-hybridized carbons (Fsp3) is 0.231. The van der Waals surface area contributed by atoms with E-state index in [1.807, 2.05) is 19.9 Å². The minimum Gasteiger partial charge on any atom is -0.461 e. The zero-order chi connectivity index (χ0) is 15.2. The average molecular weight is 286 g/mol. The van der Waals surface area contributed by atoms with Gasteiger partial charge in [-0.15, -0.1) is 4.98 Å². The van der Waals surface area contributed by atoms with Crippen LogP contribution in [0, 0.1) is 11.3 Å². The molecule has 0 spiro atoms. The summed E-state index contributed by atoms with van der Waals surface area (Å²) in [5.41, 5.74) is 2.78. The van der Waals surface area contributed by atoms with Crippen LogP contribution in [0.15, 0.2) is 24.3 Å². The summed E-state index contributed by atoms with van der Waals surface area (Å²) in [5, 5.41) is 8.86. The molecular formula is C13H14N6O2. The second kappa shape index (κ2) is 6.49. The lowest BCUT2D eigenvalue weighted by Crippen LogP contribution is -2.14. The Balaban J connectivity index is 2.28. The largest absolute Gasteiger partial charge is 0.461 e. The van der Waals surface area contributed by atoms with Gasteiger partial charge in [0.1, 0.15) is 5.75 Å². The van der Waals surface area contributed by atoms with Crippen LogP contribution in [0.25, 0.3) is 0 Å². The number of nitrogens with zero attached hydrogens (tertiary/aromatic N) is 4. The summed E-state index contributed by atoms with van der Waals surface area (Å²) in [6.07, 6.45) is -0.104. The molecule has 2 aromatic rings. The number of aromatic nitrogens is 3. The minimum atomic E-state index is -0.104. The predicted octanol–water partition coefficient (Wildman–Crippen LogP) is 1.61. The Morgan fingerprint density at radius 2 is 2.00 bits per heavy atom. The van der Waals surface area contributed by atoms with Crippen molar-refractivity contribution in [2.75, 3.05) is 5.43 Å². The van der Waals surface area contributed by atoms with Crippen molar-refractivity contribution in [3.8, 4) is 23.8 Å². The maximum atomic E-state index is 8.86. The van der Waals surface area contributed by atoms with Crippen LogP contribution < -0.4 is 20.7 Å². The number of nitriles is 1. The number of rotatable bonds is 5. The minimum absolute atomic E-state index is 0.0173. The van der Waals surface area contributed by atoms with Gasteiger partial charge in [0.25, 0.3) is 0 Å². The van der Waals surface area contributed by atoms with Gasteiger partial charge in [-0.1, -0.05) is 6.07 Å². The number of nitrogen functional groups attached to an aromatic ring is 1. The number of hydrogen-bond acceptors (Lipinski definition) is 8. The number of benzene rings is 1. The quantitative estimate of drug-likeness (QED) is 0.628. The first-order valence-corrected chi connectivity index (χ1v) is 6.18. The zero-order valence-electron chi connectivity index (χ0n) is 11.6. The van der Waals surface area contributed by atoms with Crippen LogP contribution in [-0.2, 0) is 0 Å². The number of anilines is 1. The van der Waals surface area contributed by atoms with E-state index >= 15 is 0 Å². The Morgan fingerprint density at radius 3 is 2.67 bits per heavy atom. The van der Waals surface area contributed by atoms with Crippen molar-refractivity contribution in [2.24, 2.45) is 5.84 Å². The Hall–Kier alpha value is -2.92. The molecule has 0 fully saturated rings. The van der Waals surface area contributed by atoms with Crippen LogP contribution in [0.5, 0.6) is 17.8 Å². The fourth-order valence-electron chi connectivity index (χ4n) is 1.45. The summed E-state index contributed by atoms with van der Waals surface area (Å²) in [5.74, 6) is 5.85. The SMILES string of the molecule is CC(C)Oc1nc(NN)nc(Oc2cccc(C#N)c2)n1. The first-order valence-electron chi connectivity index (χ1n) is 6.18. The van der Waals surface area contributed by atoms with E-state index in [-0.39, 0.29) is 24.1 Å². The molecule has 0 aliphatic rings. The summed E-state index contributed by atoms with van der Waals surface area (Å²) in [7, 11) is 0. The number of hydrazine groups is 1. The van der Waals surface area contributed by atoms with Crippen LogP contribution in [-0.4, -0.2) is 21.1 Å². The third-order valence-electron chi connectivity index (χ3n) is 2.24. The van der Waals surface area contributed by atoms with Gasteiger partial charge in [-0.2, -0.15) is 15.2 Å². The summed E-state index contributed by atoms with van der Waals surface area (Å²) in [6.45, 7) is 3.69. The molecule has 0 atom stereocenters. The van der Waals surface area contributed by atoms with Gasteiger partial charge in [-0.3, -0.25) is 5.43 Å². The third kappa shape index (κ3) is 4.02. The highest BCUT2D eigenvalue weighted by Crippen LogP contribution is 2.21. The molecule has 8 nitrogen and oxygen atoms in total. The van der Waals surface area contributed by atoms with Crippen LogP contribution in [0.2, 0.25) is 0 Å². The highest BCUT2D eigenvalue weighted by Gasteiger charge is 2.10. The van der Waals surface area contributed by atoms with Crippen LogP contribution in [0.1, 0.15) is 19.4 Å². The monoisotopic (exact) mass is 286 g/mol. The molecule has 0 aliphatic carbocycles. The standard InChI is InChI=1S/C13H14N6O2/c1-8(2)20-12-16-11(19-15)17-13(18-12)21-10-5-3-4-9(6-10)7-14/h3-6,8H,15H2,1-2H3,(H,16,17,18,19). The smallest absolute Gasteiger partial charge is 0.330 e. The van der Waals surface area contributed by atoms with Crippen LogP contribution in [0.4, 0.5) is 5.95 Å². The van der Waals surface area contributed by atoms with Gasteiger partial charge in [0.05, 0.1) is 17.7 Å². The molecule has 0 amide bonds. The molecule has 1 heterocycles. The lowest BCUT2D eigenvalue weighted by atomic mass is 10.2. The molecule has 0 saturated carbocycles. The van der Waals surface area contributed by atoms with Crippen molar-refractivity contribution >= 4 is 5.95 Å². The summed E-state index contributed by atoms with van der Waals surface area (Å²) in [4.78, 5) is 11.9. The first-order chi connectivity index (χ1) is 10.1. The molecule has 0 saturated heterocycles. The van der Waals surface area contributed by atoms with Crippen molar-refractivity contribution in [1.82, 2.24) is 15.0 Å². The number of hydrogen-bond donors (Lipinski definition) is 2. The van der Waals surface area contributed by atoms with E-state index in [1.165, 1.54) is 0 Å². The van der Waals surface area contributed by atoms with Gasteiger partial charge >= 0.3 is 12.0 Å². The lowest BCUT2D eigenvalue weighted by molar-refractivity contribution is 0.218. The summed E-state index contributed by atoms with van der Waals surface area (Å²) >= 11 is 0. The molecule has 21 heavy (non-hydrogen) atoms. The van der Waals surface area contributed by atoms with E-state index in [9.17, 15) is 0 Å². The maximum Gasteiger partial charge on any atom is 0.330 e. The van der Waals surface area contributed by atoms with Crippen LogP contribution >= 0.6 is 0 Å². The normalized spacial score (nSPS) is 10.0. The molecule has 3 N–H and O–H groups in total. The van der Waals surface area contributed by atoms with Gasteiger partial charge in [-0.25, -0.2) is 5.84 Å². The van der Waals surface area contributed by atoms with Gasteiger partial charge in [0.15, 0.2) is 0 Å². The Morgan fingerprint density at radius 1 is 1.24 bits per heavy atom.